The van der Waals surface area contributed by atoms with Gasteiger partial charge in [0, 0.05) is 31.9 Å². The number of nitrogens with two attached hydrogens (primary N) is 1. The predicted molar refractivity (Wildman–Crippen MR) is 81.1 cm³/mol. The zero-order valence-corrected chi connectivity index (χ0v) is 13.2. The third-order valence-corrected chi connectivity index (χ3v) is 6.35. The molecule has 1 aromatic rings. The van der Waals surface area contributed by atoms with Crippen molar-refractivity contribution in [2.75, 3.05) is 43.1 Å². The molecule has 2 aliphatic heterocycles. The molecule has 20 heavy (non-hydrogen) atoms. The largest absolute Gasteiger partial charge is 0.382 e. The zero-order chi connectivity index (χ0) is 14.3. The van der Waals surface area contributed by atoms with Crippen LogP contribution in [0.4, 0.5) is 10.8 Å². The van der Waals surface area contributed by atoms with E-state index >= 15 is 0 Å². The number of anilines is 2. The van der Waals surface area contributed by atoms with Gasteiger partial charge < -0.3 is 10.6 Å². The molecule has 2 fully saturated rings. The van der Waals surface area contributed by atoms with Crippen molar-refractivity contribution < 1.29 is 8.42 Å². The fourth-order valence-corrected chi connectivity index (χ4v) is 5.42. The second-order valence-electron chi connectivity index (χ2n) is 5.61. The Hall–Kier alpha value is -0.860. The van der Waals surface area contributed by atoms with E-state index in [0.717, 1.165) is 24.6 Å². The van der Waals surface area contributed by atoms with E-state index < -0.39 is 9.84 Å². The lowest BCUT2D eigenvalue weighted by Crippen LogP contribution is -2.54. The molecule has 6 nitrogen and oxygen atoms in total. The number of aromatic nitrogens is 1. The summed E-state index contributed by atoms with van der Waals surface area (Å²) >= 11 is 1.20. The second kappa shape index (κ2) is 5.16. The number of rotatable bonds is 2. The average molecular weight is 316 g/mol. The molecule has 0 aromatic carbocycles. The van der Waals surface area contributed by atoms with Crippen LogP contribution in [0, 0.1) is 0 Å². The highest BCUT2D eigenvalue weighted by Gasteiger charge is 2.33. The molecule has 0 radical (unpaired) electrons. The molecule has 1 aromatic heterocycles. The number of piperidine rings is 1. The van der Waals surface area contributed by atoms with E-state index in [2.05, 4.69) is 14.2 Å². The normalized spacial score (nSPS) is 24.6. The van der Waals surface area contributed by atoms with Gasteiger partial charge in [0.2, 0.25) is 0 Å². The minimum atomic E-state index is -3.33. The molecule has 0 bridgehead atoms. The van der Waals surface area contributed by atoms with Gasteiger partial charge in [-0.25, -0.2) is 8.42 Å². The maximum Gasteiger partial charge on any atom is 0.182 e. The summed E-state index contributed by atoms with van der Waals surface area (Å²) in [4.78, 5) is 4.88. The van der Waals surface area contributed by atoms with E-state index in [-0.39, 0.29) is 10.7 Å². The highest BCUT2D eigenvalue weighted by molar-refractivity contribution is 7.91. The van der Waals surface area contributed by atoms with Gasteiger partial charge >= 0.3 is 0 Å². The number of hydrogen-bond acceptors (Lipinski definition) is 7. The first-order valence-corrected chi connectivity index (χ1v) is 9.57. The van der Waals surface area contributed by atoms with Gasteiger partial charge in [0.25, 0.3) is 0 Å². The Bertz CT molecular complexity index is 599. The summed E-state index contributed by atoms with van der Waals surface area (Å²) in [5.74, 6) is 0.138. The highest BCUT2D eigenvalue weighted by atomic mass is 32.2. The van der Waals surface area contributed by atoms with Crippen molar-refractivity contribution in [2.45, 2.75) is 30.2 Å². The monoisotopic (exact) mass is 316 g/mol. The summed E-state index contributed by atoms with van der Waals surface area (Å²) in [6.45, 7) is 3.89. The van der Waals surface area contributed by atoms with E-state index in [0.29, 0.717) is 6.04 Å². The first kappa shape index (κ1) is 14.1. The molecule has 2 aliphatic rings. The van der Waals surface area contributed by atoms with Crippen molar-refractivity contribution in [2.24, 2.45) is 0 Å². The van der Waals surface area contributed by atoms with Crippen molar-refractivity contribution >= 4 is 32.2 Å². The predicted octanol–water partition coefficient (Wildman–Crippen LogP) is 0.803. The summed E-state index contributed by atoms with van der Waals surface area (Å²) in [5.41, 5.74) is 5.75. The molecule has 3 heterocycles. The Morgan fingerprint density at radius 1 is 1.30 bits per heavy atom. The molecule has 1 atom stereocenters. The number of piperazine rings is 1. The highest BCUT2D eigenvalue weighted by Crippen LogP contribution is 2.36. The molecule has 0 aliphatic carbocycles. The van der Waals surface area contributed by atoms with Crippen LogP contribution in [0.5, 0.6) is 0 Å². The Morgan fingerprint density at radius 2 is 2.10 bits per heavy atom. The lowest BCUT2D eigenvalue weighted by Gasteiger charge is -2.44. The minimum absolute atomic E-state index is 0.138. The minimum Gasteiger partial charge on any atom is -0.382 e. The fraction of sp³-hybridized carbons (Fsp3) is 0.750. The van der Waals surface area contributed by atoms with Crippen LogP contribution >= 0.6 is 11.5 Å². The van der Waals surface area contributed by atoms with Crippen molar-refractivity contribution in [3.8, 4) is 0 Å². The van der Waals surface area contributed by atoms with Crippen molar-refractivity contribution in [3.63, 3.8) is 0 Å². The van der Waals surface area contributed by atoms with Crippen molar-refractivity contribution in [1.82, 2.24) is 9.27 Å². The number of sulfone groups is 1. The molecule has 0 spiro atoms. The van der Waals surface area contributed by atoms with Crippen LogP contribution in [0.25, 0.3) is 0 Å². The Balaban J connectivity index is 1.87. The van der Waals surface area contributed by atoms with E-state index in [1.807, 2.05) is 0 Å². The maximum absolute atomic E-state index is 11.9. The van der Waals surface area contributed by atoms with Gasteiger partial charge in [-0.3, -0.25) is 4.90 Å². The average Bonchev–Trinajstić information content (AvgIpc) is 2.80. The van der Waals surface area contributed by atoms with Gasteiger partial charge in [0.05, 0.1) is 0 Å². The van der Waals surface area contributed by atoms with Gasteiger partial charge in [-0.1, -0.05) is 6.42 Å². The summed E-state index contributed by atoms with van der Waals surface area (Å²) in [7, 11) is -3.33. The van der Waals surface area contributed by atoms with Gasteiger partial charge in [0.15, 0.2) is 15.7 Å². The Kier molecular flexibility index (Phi) is 3.64. The number of nitrogen functional groups attached to an aromatic ring is 1. The molecule has 2 saturated heterocycles. The molecule has 3 rings (SSSR count). The summed E-state index contributed by atoms with van der Waals surface area (Å²) in [5, 5.41) is 0.718. The summed E-state index contributed by atoms with van der Waals surface area (Å²) < 4.78 is 27.9. The maximum atomic E-state index is 11.9. The summed E-state index contributed by atoms with van der Waals surface area (Å²) in [6.07, 6.45) is 4.93. The van der Waals surface area contributed by atoms with Crippen LogP contribution in [-0.2, 0) is 9.84 Å². The number of hydrogen-bond donors (Lipinski definition) is 1. The van der Waals surface area contributed by atoms with Crippen LogP contribution in [0.15, 0.2) is 4.90 Å². The molecular formula is C12H20N4O2S2. The lowest BCUT2D eigenvalue weighted by molar-refractivity contribution is 0.133. The topological polar surface area (TPSA) is 79.5 Å². The van der Waals surface area contributed by atoms with Crippen LogP contribution < -0.4 is 10.6 Å². The van der Waals surface area contributed by atoms with Gasteiger partial charge in [-0.15, -0.1) is 0 Å². The van der Waals surface area contributed by atoms with Crippen molar-refractivity contribution in [1.29, 1.82) is 0 Å². The smallest absolute Gasteiger partial charge is 0.182 e. The molecule has 2 N–H and O–H groups in total. The Morgan fingerprint density at radius 3 is 2.85 bits per heavy atom. The van der Waals surface area contributed by atoms with E-state index in [1.54, 1.807) is 0 Å². The molecule has 1 unspecified atom stereocenters. The summed E-state index contributed by atoms with van der Waals surface area (Å²) in [6, 6.07) is 0.535. The third-order valence-electron chi connectivity index (χ3n) is 4.15. The van der Waals surface area contributed by atoms with Crippen LogP contribution in [-0.4, -0.2) is 56.2 Å². The van der Waals surface area contributed by atoms with Gasteiger partial charge in [-0.2, -0.15) is 4.37 Å². The molecule has 112 valence electrons. The SMILES string of the molecule is CS(=O)(=O)c1c(N)nsc1N1CCN2CCCCC2C1. The number of fused-ring (bicyclic) bond motifs is 1. The van der Waals surface area contributed by atoms with E-state index in [4.69, 9.17) is 5.73 Å². The van der Waals surface area contributed by atoms with Crippen LogP contribution in [0.2, 0.25) is 0 Å². The molecule has 0 amide bonds. The Labute approximate surface area is 123 Å². The van der Waals surface area contributed by atoms with Gasteiger partial charge in [0.1, 0.15) is 9.90 Å². The zero-order valence-electron chi connectivity index (χ0n) is 11.6. The number of nitrogens with zero attached hydrogens (tertiary/aromatic N) is 3. The first-order valence-electron chi connectivity index (χ1n) is 6.91. The quantitative estimate of drug-likeness (QED) is 0.869. The molecular weight excluding hydrogens is 296 g/mol. The van der Waals surface area contributed by atoms with E-state index in [1.165, 1.54) is 43.6 Å². The van der Waals surface area contributed by atoms with Crippen LogP contribution in [0.1, 0.15) is 19.3 Å². The van der Waals surface area contributed by atoms with E-state index in [9.17, 15) is 8.42 Å². The fourth-order valence-electron chi connectivity index (χ4n) is 3.18. The third kappa shape index (κ3) is 2.51. The van der Waals surface area contributed by atoms with Crippen LogP contribution in [0.3, 0.4) is 0 Å². The standard InChI is InChI=1S/C12H20N4O2S2/c1-20(17,18)10-11(13)14-19-12(10)16-7-6-15-5-3-2-4-9(15)8-16/h9H,2-8H2,1H3,(H2,13,14). The molecule has 0 saturated carbocycles. The van der Waals surface area contributed by atoms with Gasteiger partial charge in [-0.05, 0) is 30.9 Å². The lowest BCUT2D eigenvalue weighted by atomic mass is 10.00. The first-order chi connectivity index (χ1) is 9.47. The van der Waals surface area contributed by atoms with Crippen molar-refractivity contribution in [3.05, 3.63) is 0 Å². The molecule has 8 heteroatoms. The second-order valence-corrected chi connectivity index (χ2v) is 8.31.